The summed E-state index contributed by atoms with van der Waals surface area (Å²) in [7, 11) is 0. The van der Waals surface area contributed by atoms with Crippen LogP contribution in [0.5, 0.6) is 0 Å². The van der Waals surface area contributed by atoms with Gasteiger partial charge in [0, 0.05) is 27.7 Å². The van der Waals surface area contributed by atoms with E-state index >= 15 is 0 Å². The van der Waals surface area contributed by atoms with Crippen LogP contribution in [0.1, 0.15) is 25.7 Å². The standard InChI is InChI=1S/C13H13NO2S/c1-9-6-12(10(2)17-9)13(15)16-8-11-4-3-5-14-7-11/h3-7H,8H2,1-2H3. The third kappa shape index (κ3) is 2.91. The summed E-state index contributed by atoms with van der Waals surface area (Å²) in [6, 6.07) is 5.57. The van der Waals surface area contributed by atoms with Gasteiger partial charge in [0.25, 0.3) is 0 Å². The Labute approximate surface area is 104 Å². The lowest BCUT2D eigenvalue weighted by Crippen LogP contribution is -2.05. The van der Waals surface area contributed by atoms with Crippen LogP contribution < -0.4 is 0 Å². The monoisotopic (exact) mass is 247 g/mol. The van der Waals surface area contributed by atoms with Crippen LogP contribution in [0.4, 0.5) is 0 Å². The zero-order chi connectivity index (χ0) is 12.3. The highest BCUT2D eigenvalue weighted by molar-refractivity contribution is 7.12. The molecule has 2 aromatic heterocycles. The molecular formula is C13H13NO2S. The molecule has 17 heavy (non-hydrogen) atoms. The molecule has 0 radical (unpaired) electrons. The van der Waals surface area contributed by atoms with Crippen LogP contribution in [0.25, 0.3) is 0 Å². The summed E-state index contributed by atoms with van der Waals surface area (Å²) in [4.78, 5) is 17.9. The normalized spacial score (nSPS) is 10.2. The molecule has 0 N–H and O–H groups in total. The minimum atomic E-state index is -0.268. The van der Waals surface area contributed by atoms with Crippen LogP contribution in [-0.4, -0.2) is 11.0 Å². The number of thiophene rings is 1. The Bertz CT molecular complexity index is 519. The van der Waals surface area contributed by atoms with Crippen LogP contribution >= 0.6 is 11.3 Å². The molecule has 4 heteroatoms. The lowest BCUT2D eigenvalue weighted by Gasteiger charge is -2.03. The van der Waals surface area contributed by atoms with Gasteiger partial charge in [0.1, 0.15) is 6.61 Å². The first-order chi connectivity index (χ1) is 8.16. The van der Waals surface area contributed by atoms with Crippen LogP contribution in [0, 0.1) is 13.8 Å². The van der Waals surface area contributed by atoms with E-state index in [1.54, 1.807) is 23.7 Å². The van der Waals surface area contributed by atoms with E-state index in [0.29, 0.717) is 5.56 Å². The van der Waals surface area contributed by atoms with E-state index in [9.17, 15) is 4.79 Å². The molecule has 2 heterocycles. The van der Waals surface area contributed by atoms with Crippen LogP contribution in [0.15, 0.2) is 30.6 Å². The average Bonchev–Trinajstić information content (AvgIpc) is 2.67. The molecule has 0 fully saturated rings. The van der Waals surface area contributed by atoms with Gasteiger partial charge in [-0.1, -0.05) is 6.07 Å². The van der Waals surface area contributed by atoms with Crippen molar-refractivity contribution in [2.24, 2.45) is 0 Å². The lowest BCUT2D eigenvalue weighted by atomic mass is 10.2. The van der Waals surface area contributed by atoms with Gasteiger partial charge in [-0.05, 0) is 26.0 Å². The lowest BCUT2D eigenvalue weighted by molar-refractivity contribution is 0.0472. The quantitative estimate of drug-likeness (QED) is 0.782. The fourth-order valence-electron chi connectivity index (χ4n) is 1.54. The second kappa shape index (κ2) is 5.10. The van der Waals surface area contributed by atoms with Gasteiger partial charge in [0.15, 0.2) is 0 Å². The Kier molecular flexibility index (Phi) is 3.54. The summed E-state index contributed by atoms with van der Waals surface area (Å²) in [5, 5.41) is 0. The predicted molar refractivity (Wildman–Crippen MR) is 67.1 cm³/mol. The number of rotatable bonds is 3. The van der Waals surface area contributed by atoms with Gasteiger partial charge >= 0.3 is 5.97 Å². The number of hydrogen-bond donors (Lipinski definition) is 0. The highest BCUT2D eigenvalue weighted by Crippen LogP contribution is 2.21. The molecule has 0 spiro atoms. The SMILES string of the molecule is Cc1cc(C(=O)OCc2cccnc2)c(C)s1. The van der Waals surface area contributed by atoms with E-state index in [1.165, 1.54) is 0 Å². The second-order valence-corrected chi connectivity index (χ2v) is 5.22. The molecule has 0 aliphatic heterocycles. The average molecular weight is 247 g/mol. The largest absolute Gasteiger partial charge is 0.457 e. The van der Waals surface area contributed by atoms with E-state index in [1.807, 2.05) is 32.0 Å². The number of nitrogens with zero attached hydrogens (tertiary/aromatic N) is 1. The molecule has 2 aromatic rings. The third-order valence-corrected chi connectivity index (χ3v) is 3.32. The summed E-state index contributed by atoms with van der Waals surface area (Å²) in [6.45, 7) is 4.18. The zero-order valence-corrected chi connectivity index (χ0v) is 10.6. The maximum atomic E-state index is 11.8. The first kappa shape index (κ1) is 11.8. The van der Waals surface area contributed by atoms with E-state index in [0.717, 1.165) is 15.3 Å². The topological polar surface area (TPSA) is 39.2 Å². The van der Waals surface area contributed by atoms with E-state index in [2.05, 4.69) is 4.98 Å². The van der Waals surface area contributed by atoms with Crippen molar-refractivity contribution in [3.05, 3.63) is 51.5 Å². The number of aromatic nitrogens is 1. The summed E-state index contributed by atoms with van der Waals surface area (Å²) >= 11 is 1.61. The highest BCUT2D eigenvalue weighted by Gasteiger charge is 2.13. The molecule has 3 nitrogen and oxygen atoms in total. The third-order valence-electron chi connectivity index (χ3n) is 2.35. The smallest absolute Gasteiger partial charge is 0.339 e. The van der Waals surface area contributed by atoms with Crippen molar-refractivity contribution in [2.45, 2.75) is 20.5 Å². The molecule has 0 saturated carbocycles. The molecule has 0 aliphatic rings. The van der Waals surface area contributed by atoms with Crippen molar-refractivity contribution in [1.29, 1.82) is 0 Å². The number of aryl methyl sites for hydroxylation is 2. The number of esters is 1. The number of carbonyl (C=O) groups excluding carboxylic acids is 1. The summed E-state index contributed by atoms with van der Waals surface area (Å²) in [5.74, 6) is -0.268. The van der Waals surface area contributed by atoms with Gasteiger partial charge in [-0.3, -0.25) is 4.98 Å². The van der Waals surface area contributed by atoms with Crippen LogP contribution in [-0.2, 0) is 11.3 Å². The minimum Gasteiger partial charge on any atom is -0.457 e. The van der Waals surface area contributed by atoms with Crippen molar-refractivity contribution < 1.29 is 9.53 Å². The highest BCUT2D eigenvalue weighted by atomic mass is 32.1. The molecular weight excluding hydrogens is 234 g/mol. The molecule has 0 saturated heterocycles. The molecule has 0 aliphatic carbocycles. The first-order valence-electron chi connectivity index (χ1n) is 5.30. The molecule has 0 bridgehead atoms. The fourth-order valence-corrected chi connectivity index (χ4v) is 2.46. The number of hydrogen-bond acceptors (Lipinski definition) is 4. The maximum Gasteiger partial charge on any atom is 0.339 e. The number of ether oxygens (including phenoxy) is 1. The second-order valence-electron chi connectivity index (χ2n) is 3.76. The number of carbonyl (C=O) groups is 1. The van der Waals surface area contributed by atoms with E-state index in [4.69, 9.17) is 4.74 Å². The summed E-state index contributed by atoms with van der Waals surface area (Å²) in [5.41, 5.74) is 1.56. The maximum absolute atomic E-state index is 11.8. The molecule has 88 valence electrons. The fraction of sp³-hybridized carbons (Fsp3) is 0.231. The molecule has 2 rings (SSSR count). The summed E-state index contributed by atoms with van der Waals surface area (Å²) < 4.78 is 5.24. The van der Waals surface area contributed by atoms with Crippen molar-refractivity contribution in [2.75, 3.05) is 0 Å². The van der Waals surface area contributed by atoms with Gasteiger partial charge in [-0.2, -0.15) is 0 Å². The van der Waals surface area contributed by atoms with Crippen molar-refractivity contribution in [1.82, 2.24) is 4.98 Å². The van der Waals surface area contributed by atoms with Gasteiger partial charge in [-0.15, -0.1) is 11.3 Å². The van der Waals surface area contributed by atoms with Crippen molar-refractivity contribution >= 4 is 17.3 Å². The molecule has 0 atom stereocenters. The molecule has 0 aromatic carbocycles. The minimum absolute atomic E-state index is 0.265. The summed E-state index contributed by atoms with van der Waals surface area (Å²) in [6.07, 6.45) is 3.39. The molecule has 0 unspecified atom stereocenters. The Morgan fingerprint density at radius 1 is 1.47 bits per heavy atom. The van der Waals surface area contributed by atoms with Gasteiger partial charge in [-0.25, -0.2) is 4.79 Å². The van der Waals surface area contributed by atoms with Crippen molar-refractivity contribution in [3.8, 4) is 0 Å². The van der Waals surface area contributed by atoms with Gasteiger partial charge in [0.05, 0.1) is 5.56 Å². The predicted octanol–water partition coefficient (Wildman–Crippen LogP) is 3.12. The van der Waals surface area contributed by atoms with Crippen LogP contribution in [0.2, 0.25) is 0 Å². The number of pyridine rings is 1. The van der Waals surface area contributed by atoms with Crippen molar-refractivity contribution in [3.63, 3.8) is 0 Å². The van der Waals surface area contributed by atoms with Crippen LogP contribution in [0.3, 0.4) is 0 Å². The van der Waals surface area contributed by atoms with Gasteiger partial charge in [0.2, 0.25) is 0 Å². The Morgan fingerprint density at radius 2 is 2.29 bits per heavy atom. The Morgan fingerprint density at radius 3 is 2.88 bits per heavy atom. The zero-order valence-electron chi connectivity index (χ0n) is 9.77. The van der Waals surface area contributed by atoms with E-state index in [-0.39, 0.29) is 12.6 Å². The van der Waals surface area contributed by atoms with E-state index < -0.39 is 0 Å². The Hall–Kier alpha value is -1.68. The molecule has 0 amide bonds. The van der Waals surface area contributed by atoms with Gasteiger partial charge < -0.3 is 4.74 Å². The first-order valence-corrected chi connectivity index (χ1v) is 6.11. The Balaban J connectivity index is 2.01.